The molecule has 2 heterocycles. The van der Waals surface area contributed by atoms with Crippen LogP contribution in [0.5, 0.6) is 5.75 Å². The molecule has 4 rings (SSSR count). The molecule has 0 bridgehead atoms. The third kappa shape index (κ3) is 9.47. The molecule has 2 N–H and O–H groups in total. The zero-order chi connectivity index (χ0) is 31.9. The number of aromatic amines is 1. The minimum absolute atomic E-state index is 0.0647. The van der Waals surface area contributed by atoms with Crippen LogP contribution in [0.3, 0.4) is 0 Å². The van der Waals surface area contributed by atoms with E-state index in [9.17, 15) is 26.7 Å². The Kier molecular flexibility index (Phi) is 10.6. The number of carbonyl (C=O) groups excluding carboxylic acids is 1. The average Bonchev–Trinajstić information content (AvgIpc) is 3.62. The Bertz CT molecular complexity index is 1520. The van der Waals surface area contributed by atoms with Gasteiger partial charge in [0.2, 0.25) is 5.75 Å². The maximum Gasteiger partial charge on any atom is 0.573 e. The number of fused-ring (bicyclic) bond motifs is 1. The molecule has 0 atom stereocenters. The Hall–Kier alpha value is -4.05. The average molecular weight is 643 g/mol. The smallest absolute Gasteiger partial charge is 0.444 e. The van der Waals surface area contributed by atoms with E-state index in [0.29, 0.717) is 44.7 Å². The zero-order valence-corrected chi connectivity index (χ0v) is 25.0. The van der Waals surface area contributed by atoms with Gasteiger partial charge in [-0.2, -0.15) is 5.10 Å². The van der Waals surface area contributed by atoms with Crippen LogP contribution in [-0.2, 0) is 16.0 Å². The molecule has 0 aliphatic carbocycles. The molecule has 1 amide bonds. The zero-order valence-electron chi connectivity index (χ0n) is 24.1. The maximum atomic E-state index is 14.2. The van der Waals surface area contributed by atoms with Gasteiger partial charge in [-0.1, -0.05) is 4.49 Å². The largest absolute Gasteiger partial charge is 0.573 e. The molecule has 44 heavy (non-hydrogen) atoms. The van der Waals surface area contributed by atoms with E-state index < -0.39 is 35.4 Å². The van der Waals surface area contributed by atoms with Crippen LogP contribution in [0.1, 0.15) is 39.2 Å². The maximum absolute atomic E-state index is 14.2. The first-order chi connectivity index (χ1) is 20.8. The number of ether oxygens (including phenoxy) is 3. The topological polar surface area (TPSA) is 114 Å². The summed E-state index contributed by atoms with van der Waals surface area (Å²) < 4.78 is 84.4. The number of benzene rings is 2. The van der Waals surface area contributed by atoms with Gasteiger partial charge < -0.3 is 24.4 Å². The number of carbonyl (C=O) groups is 1. The molecule has 0 saturated heterocycles. The lowest BCUT2D eigenvalue weighted by molar-refractivity contribution is -0.276. The van der Waals surface area contributed by atoms with Crippen LogP contribution in [-0.4, -0.2) is 69.0 Å². The number of amides is 1. The van der Waals surface area contributed by atoms with E-state index in [1.807, 2.05) is 12.1 Å². The van der Waals surface area contributed by atoms with Gasteiger partial charge in [-0.05, 0) is 80.5 Å². The number of halogens is 5. The van der Waals surface area contributed by atoms with Gasteiger partial charge in [0.1, 0.15) is 5.60 Å². The van der Waals surface area contributed by atoms with Gasteiger partial charge in [0.05, 0.1) is 29.4 Å². The van der Waals surface area contributed by atoms with E-state index >= 15 is 0 Å². The van der Waals surface area contributed by atoms with Crippen LogP contribution in [0, 0.1) is 11.6 Å². The highest BCUT2D eigenvalue weighted by molar-refractivity contribution is 7.09. The van der Waals surface area contributed by atoms with Crippen LogP contribution in [0.25, 0.3) is 21.3 Å². The van der Waals surface area contributed by atoms with Crippen molar-refractivity contribution in [1.82, 2.24) is 24.7 Å². The summed E-state index contributed by atoms with van der Waals surface area (Å²) in [6.45, 7) is 6.14. The number of nitrogens with one attached hydrogen (secondary N) is 2. The fourth-order valence-electron chi connectivity index (χ4n) is 4.20. The van der Waals surface area contributed by atoms with E-state index in [4.69, 9.17) is 9.47 Å². The first-order valence-electron chi connectivity index (χ1n) is 13.6. The van der Waals surface area contributed by atoms with Crippen LogP contribution in [0.2, 0.25) is 0 Å². The van der Waals surface area contributed by atoms with Gasteiger partial charge in [-0.3, -0.25) is 5.10 Å². The number of rotatable bonds is 13. The quantitative estimate of drug-likeness (QED) is 0.120. The molecule has 10 nitrogen and oxygen atoms in total. The molecule has 0 spiro atoms. The van der Waals surface area contributed by atoms with Crippen LogP contribution >= 0.6 is 11.5 Å². The number of H-pyrrole nitrogens is 1. The highest BCUT2D eigenvalue weighted by Gasteiger charge is 2.34. The van der Waals surface area contributed by atoms with Gasteiger partial charge in [0, 0.05) is 37.3 Å². The molecular formula is C28H31F5N6O4S. The van der Waals surface area contributed by atoms with Crippen molar-refractivity contribution in [1.29, 1.82) is 0 Å². The summed E-state index contributed by atoms with van der Waals surface area (Å²) in [4.78, 5) is 14.9. The lowest BCUT2D eigenvalue weighted by Gasteiger charge is -2.27. The molecule has 16 heteroatoms. The minimum atomic E-state index is -5.26. The Labute approximate surface area is 253 Å². The second-order valence-electron chi connectivity index (χ2n) is 10.7. The molecule has 0 radical (unpaired) electrons. The molecule has 0 unspecified atom stereocenters. The van der Waals surface area contributed by atoms with Crippen molar-refractivity contribution < 1.29 is 41.0 Å². The van der Waals surface area contributed by atoms with Gasteiger partial charge >= 0.3 is 12.5 Å². The number of hydrogen-bond acceptors (Lipinski definition) is 9. The standard InChI is InChI=1S/C28H31F5N6O4S/c1-27(2,3)43-26(40)39(16-17-10-20(29)25(21(30)11-17)42-28(31,32)33)7-4-5-8-41-9-6-34-22-12-18(24-15-36-38-44-24)13-23-19(22)14-35-37-23/h10-15,34H,4-9,16H2,1-3H3,(H,35,37). The molecular weight excluding hydrogens is 611 g/mol. The van der Waals surface area contributed by atoms with Gasteiger partial charge in [0.15, 0.2) is 11.6 Å². The Balaban J connectivity index is 1.27. The molecule has 0 fully saturated rings. The molecule has 2 aromatic carbocycles. The first kappa shape index (κ1) is 32.9. The van der Waals surface area contributed by atoms with Crippen LogP contribution < -0.4 is 10.1 Å². The van der Waals surface area contributed by atoms with Crippen molar-refractivity contribution in [2.45, 2.75) is 52.1 Å². The van der Waals surface area contributed by atoms with E-state index in [-0.39, 0.29) is 18.7 Å². The SMILES string of the molecule is CC(C)(C)OC(=O)N(CCCCOCCNc1cc(-c2cnns2)cc2[nH]ncc12)Cc1cc(F)c(OC(F)(F)F)c(F)c1. The lowest BCUT2D eigenvalue weighted by Crippen LogP contribution is -2.37. The Morgan fingerprint density at radius 2 is 1.80 bits per heavy atom. The number of alkyl halides is 3. The van der Waals surface area contributed by atoms with E-state index in [1.165, 1.54) is 16.4 Å². The van der Waals surface area contributed by atoms with Crippen molar-refractivity contribution in [3.63, 3.8) is 0 Å². The van der Waals surface area contributed by atoms with Crippen LogP contribution in [0.15, 0.2) is 36.7 Å². The molecule has 0 aliphatic heterocycles. The summed E-state index contributed by atoms with van der Waals surface area (Å²) in [5.41, 5.74) is 1.79. The number of unbranched alkanes of at least 4 members (excludes halogenated alkanes) is 1. The van der Waals surface area contributed by atoms with Gasteiger partial charge in [-0.25, -0.2) is 13.6 Å². The third-order valence-electron chi connectivity index (χ3n) is 6.03. The van der Waals surface area contributed by atoms with Crippen molar-refractivity contribution in [3.05, 3.63) is 53.9 Å². The van der Waals surface area contributed by atoms with Crippen molar-refractivity contribution >= 4 is 34.2 Å². The summed E-state index contributed by atoms with van der Waals surface area (Å²) in [5.74, 6) is -4.64. The third-order valence-corrected chi connectivity index (χ3v) is 6.75. The number of aromatic nitrogens is 4. The molecule has 4 aromatic rings. The fourth-order valence-corrected chi connectivity index (χ4v) is 4.70. The molecule has 2 aromatic heterocycles. The number of anilines is 1. The van der Waals surface area contributed by atoms with E-state index in [0.717, 1.165) is 27.0 Å². The molecule has 0 aliphatic rings. The van der Waals surface area contributed by atoms with Crippen LogP contribution in [0.4, 0.5) is 32.4 Å². The lowest BCUT2D eigenvalue weighted by atomic mass is 10.1. The first-order valence-corrected chi connectivity index (χ1v) is 14.3. The second-order valence-corrected chi connectivity index (χ2v) is 11.5. The van der Waals surface area contributed by atoms with Crippen molar-refractivity contribution in [2.24, 2.45) is 0 Å². The predicted octanol–water partition coefficient (Wildman–Crippen LogP) is 6.90. The highest BCUT2D eigenvalue weighted by Crippen LogP contribution is 2.32. The minimum Gasteiger partial charge on any atom is -0.444 e. The number of hydrogen-bond donors (Lipinski definition) is 2. The summed E-state index contributed by atoms with van der Waals surface area (Å²) in [5, 5.41) is 15.3. The van der Waals surface area contributed by atoms with E-state index in [2.05, 4.69) is 29.8 Å². The van der Waals surface area contributed by atoms with E-state index in [1.54, 1.807) is 33.2 Å². The Morgan fingerprint density at radius 3 is 2.45 bits per heavy atom. The van der Waals surface area contributed by atoms with Crippen molar-refractivity contribution in [3.8, 4) is 16.2 Å². The second kappa shape index (κ2) is 14.2. The summed E-state index contributed by atoms with van der Waals surface area (Å²) in [6, 6.07) is 5.36. The summed E-state index contributed by atoms with van der Waals surface area (Å²) in [6.07, 6.45) is -1.55. The van der Waals surface area contributed by atoms with Crippen molar-refractivity contribution in [2.75, 3.05) is 31.6 Å². The summed E-state index contributed by atoms with van der Waals surface area (Å²) >= 11 is 1.29. The molecule has 0 saturated carbocycles. The van der Waals surface area contributed by atoms with Gasteiger partial charge in [0.25, 0.3) is 0 Å². The summed E-state index contributed by atoms with van der Waals surface area (Å²) in [7, 11) is 0. The Morgan fingerprint density at radius 1 is 1.05 bits per heavy atom. The highest BCUT2D eigenvalue weighted by atomic mass is 32.1. The van der Waals surface area contributed by atoms with Gasteiger partial charge in [-0.15, -0.1) is 18.3 Å². The monoisotopic (exact) mass is 642 g/mol. The normalized spacial score (nSPS) is 12.0. The number of nitrogens with zero attached hydrogens (tertiary/aromatic N) is 4. The molecule has 238 valence electrons. The fraction of sp³-hybridized carbons (Fsp3) is 0.429. The predicted molar refractivity (Wildman–Crippen MR) is 153 cm³/mol.